The van der Waals surface area contributed by atoms with Gasteiger partial charge in [0, 0.05) is 16.5 Å². The number of hydrogen-bond acceptors (Lipinski definition) is 1. The van der Waals surface area contributed by atoms with Gasteiger partial charge in [-0.1, -0.05) is 158 Å². The highest BCUT2D eigenvalue weighted by molar-refractivity contribution is 6.27. The molecule has 0 N–H and O–H groups in total. The summed E-state index contributed by atoms with van der Waals surface area (Å²) in [6, 6.07) is 77.7. The van der Waals surface area contributed by atoms with Crippen molar-refractivity contribution < 1.29 is 0 Å². The van der Waals surface area contributed by atoms with Crippen molar-refractivity contribution in [3.63, 3.8) is 0 Å². The molecule has 13 aromatic rings. The van der Waals surface area contributed by atoms with Gasteiger partial charge in [0.2, 0.25) is 0 Å². The number of nitrogens with zero attached hydrogens (tertiary/aromatic N) is 2. The lowest BCUT2D eigenvalue weighted by molar-refractivity contribution is 1.18. The number of aromatic nitrogens is 1. The summed E-state index contributed by atoms with van der Waals surface area (Å²) < 4.78 is 2.34. The third kappa shape index (κ3) is 4.90. The van der Waals surface area contributed by atoms with E-state index in [1.54, 1.807) is 0 Å². The Balaban J connectivity index is 1.06. The highest BCUT2D eigenvalue weighted by Gasteiger charge is 2.21. The van der Waals surface area contributed by atoms with E-state index in [1.807, 2.05) is 12.1 Å². The molecular weight excluding hydrogens is 737 g/mol. The number of nitriles is 1. The Morgan fingerprint density at radius 1 is 0.311 bits per heavy atom. The molecule has 0 aliphatic rings. The van der Waals surface area contributed by atoms with Gasteiger partial charge < -0.3 is 4.57 Å². The fourth-order valence-corrected chi connectivity index (χ4v) is 10.5. The van der Waals surface area contributed by atoms with Crippen molar-refractivity contribution in [2.75, 3.05) is 0 Å². The largest absolute Gasteiger partial charge is 0.309 e. The monoisotopic (exact) mass is 770 g/mol. The molecule has 0 amide bonds. The Morgan fingerprint density at radius 3 is 1.46 bits per heavy atom. The highest BCUT2D eigenvalue weighted by atomic mass is 15.0. The molecule has 2 nitrogen and oxygen atoms in total. The zero-order valence-electron chi connectivity index (χ0n) is 33.0. The van der Waals surface area contributed by atoms with Gasteiger partial charge >= 0.3 is 0 Å². The number of rotatable bonds is 4. The minimum absolute atomic E-state index is 0.664. The molecule has 2 heteroatoms. The van der Waals surface area contributed by atoms with Gasteiger partial charge in [-0.15, -0.1) is 0 Å². The van der Waals surface area contributed by atoms with Crippen LogP contribution in [-0.4, -0.2) is 4.57 Å². The Hall–Kier alpha value is -8.25. The van der Waals surface area contributed by atoms with Gasteiger partial charge in [0.05, 0.1) is 22.7 Å². The maximum Gasteiger partial charge on any atom is 0.0992 e. The Bertz CT molecular complexity index is 3990. The second-order valence-electron chi connectivity index (χ2n) is 16.3. The molecule has 0 saturated carbocycles. The predicted octanol–water partition coefficient (Wildman–Crippen LogP) is 16.0. The normalized spacial score (nSPS) is 11.9. The van der Waals surface area contributed by atoms with Crippen molar-refractivity contribution in [2.24, 2.45) is 0 Å². The molecule has 0 radical (unpaired) electrons. The molecule has 280 valence electrons. The van der Waals surface area contributed by atoms with Crippen LogP contribution >= 0.6 is 0 Å². The van der Waals surface area contributed by atoms with E-state index in [9.17, 15) is 5.26 Å². The second-order valence-corrected chi connectivity index (χ2v) is 16.3. The quantitative estimate of drug-likeness (QED) is 0.164. The molecule has 0 aliphatic carbocycles. The topological polar surface area (TPSA) is 28.7 Å². The second kappa shape index (κ2) is 12.9. The van der Waals surface area contributed by atoms with Crippen LogP contribution in [0, 0.1) is 11.3 Å². The first-order valence-corrected chi connectivity index (χ1v) is 20.9. The molecule has 13 rings (SSSR count). The van der Waals surface area contributed by atoms with E-state index in [2.05, 4.69) is 205 Å². The molecule has 0 atom stereocenters. The van der Waals surface area contributed by atoms with Gasteiger partial charge in [-0.3, -0.25) is 0 Å². The van der Waals surface area contributed by atoms with Gasteiger partial charge in [0.15, 0.2) is 0 Å². The van der Waals surface area contributed by atoms with E-state index in [-0.39, 0.29) is 0 Å². The number of hydrogen-bond donors (Lipinski definition) is 0. The summed E-state index contributed by atoms with van der Waals surface area (Å²) in [4.78, 5) is 0. The number of fused-ring (bicyclic) bond motifs is 7. The first-order valence-electron chi connectivity index (χ1n) is 20.9. The van der Waals surface area contributed by atoms with E-state index in [4.69, 9.17) is 0 Å². The SMILES string of the molecule is N#Cc1cc2ccc3cc(-c4ccc(-c5cc6c7ccccc7c(-c7cccc8ccccc78)cc6c6ccccc56)c5ccccc45)cc4c3c2c(c1)n4-c1ccccc1. The standard InChI is InChI=1S/C59H34N2/c60-35-36-29-38-25-26-39-31-40(32-57-59(39)58(38)56(30-36)61(57)41-15-2-1-3-16-41)43-27-28-51(46-19-7-6-18-44(43)46)53-34-55-49-22-10-8-20-47(49)52(33-54(55)50-23-11-9-21-48(50)53)45-24-12-14-37-13-4-5-17-42(37)45/h1-34H. The van der Waals surface area contributed by atoms with Crippen LogP contribution in [0.2, 0.25) is 0 Å². The lowest BCUT2D eigenvalue weighted by Gasteiger charge is -2.18. The van der Waals surface area contributed by atoms with Crippen LogP contribution in [0.25, 0.3) is 126 Å². The van der Waals surface area contributed by atoms with Crippen LogP contribution in [0.1, 0.15) is 5.56 Å². The van der Waals surface area contributed by atoms with E-state index in [0.717, 1.165) is 27.7 Å². The van der Waals surface area contributed by atoms with Crippen LogP contribution in [0.15, 0.2) is 206 Å². The first kappa shape index (κ1) is 33.7. The molecule has 61 heavy (non-hydrogen) atoms. The summed E-state index contributed by atoms with van der Waals surface area (Å²) in [5.74, 6) is 0. The van der Waals surface area contributed by atoms with Crippen molar-refractivity contribution in [3.8, 4) is 45.1 Å². The Kier molecular flexibility index (Phi) is 7.11. The molecule has 12 aromatic carbocycles. The summed E-state index contributed by atoms with van der Waals surface area (Å²) in [6.45, 7) is 0. The van der Waals surface area contributed by atoms with Crippen molar-refractivity contribution in [2.45, 2.75) is 0 Å². The predicted molar refractivity (Wildman–Crippen MR) is 258 cm³/mol. The van der Waals surface area contributed by atoms with Crippen molar-refractivity contribution in [3.05, 3.63) is 212 Å². The van der Waals surface area contributed by atoms with Crippen LogP contribution in [0.5, 0.6) is 0 Å². The van der Waals surface area contributed by atoms with Gasteiger partial charge in [0.25, 0.3) is 0 Å². The minimum Gasteiger partial charge on any atom is -0.309 e. The van der Waals surface area contributed by atoms with Crippen molar-refractivity contribution >= 4 is 86.4 Å². The zero-order valence-corrected chi connectivity index (χ0v) is 33.0. The van der Waals surface area contributed by atoms with Crippen LogP contribution in [0.4, 0.5) is 0 Å². The van der Waals surface area contributed by atoms with E-state index in [1.165, 1.54) is 97.8 Å². The molecule has 0 spiro atoms. The molecule has 0 fully saturated rings. The fraction of sp³-hybridized carbons (Fsp3) is 0. The fourth-order valence-electron chi connectivity index (χ4n) is 10.5. The molecular formula is C59H34N2. The van der Waals surface area contributed by atoms with Crippen molar-refractivity contribution in [1.82, 2.24) is 4.57 Å². The highest BCUT2D eigenvalue weighted by Crippen LogP contribution is 2.47. The lowest BCUT2D eigenvalue weighted by Crippen LogP contribution is -1.94. The summed E-state index contributed by atoms with van der Waals surface area (Å²) in [5, 5.41) is 27.2. The Labute approximate surface area is 351 Å². The molecule has 0 saturated heterocycles. The van der Waals surface area contributed by atoms with Crippen LogP contribution < -0.4 is 0 Å². The third-order valence-corrected chi connectivity index (χ3v) is 13.1. The maximum atomic E-state index is 10.0. The number of benzene rings is 12. The third-order valence-electron chi connectivity index (χ3n) is 13.1. The maximum absolute atomic E-state index is 10.0. The summed E-state index contributed by atoms with van der Waals surface area (Å²) >= 11 is 0. The molecule has 1 aromatic heterocycles. The van der Waals surface area contributed by atoms with Crippen LogP contribution in [-0.2, 0) is 0 Å². The zero-order chi connectivity index (χ0) is 40.2. The molecule has 0 bridgehead atoms. The van der Waals surface area contributed by atoms with E-state index < -0.39 is 0 Å². The van der Waals surface area contributed by atoms with Gasteiger partial charge in [0.1, 0.15) is 0 Å². The molecule has 0 aliphatic heterocycles. The average molecular weight is 771 g/mol. The van der Waals surface area contributed by atoms with Crippen molar-refractivity contribution in [1.29, 1.82) is 5.26 Å². The average Bonchev–Trinajstić information content (AvgIpc) is 3.67. The number of para-hydroxylation sites is 1. The Morgan fingerprint density at radius 2 is 0.803 bits per heavy atom. The van der Waals surface area contributed by atoms with Gasteiger partial charge in [-0.25, -0.2) is 0 Å². The van der Waals surface area contributed by atoms with Gasteiger partial charge in [-0.05, 0) is 147 Å². The summed E-state index contributed by atoms with van der Waals surface area (Å²) in [6.07, 6.45) is 0. The smallest absolute Gasteiger partial charge is 0.0992 e. The summed E-state index contributed by atoms with van der Waals surface area (Å²) in [7, 11) is 0. The van der Waals surface area contributed by atoms with Gasteiger partial charge in [-0.2, -0.15) is 5.26 Å². The van der Waals surface area contributed by atoms with E-state index in [0.29, 0.717) is 5.56 Å². The van der Waals surface area contributed by atoms with Crippen LogP contribution in [0.3, 0.4) is 0 Å². The first-order chi connectivity index (χ1) is 30.2. The lowest BCUT2D eigenvalue weighted by atomic mass is 9.85. The summed E-state index contributed by atoms with van der Waals surface area (Å²) in [5.41, 5.74) is 11.2. The minimum atomic E-state index is 0.664. The molecule has 1 heterocycles. The van der Waals surface area contributed by atoms with E-state index >= 15 is 0 Å². The molecule has 0 unspecified atom stereocenters.